The van der Waals surface area contributed by atoms with Crippen LogP contribution in [-0.4, -0.2) is 59.1 Å². The zero-order valence-corrected chi connectivity index (χ0v) is 3.46. The predicted octanol–water partition coefficient (Wildman–Crippen LogP) is 0.390. The van der Waals surface area contributed by atoms with Crippen molar-refractivity contribution in [2.45, 2.75) is 0 Å². The molecule has 0 aliphatic heterocycles. The van der Waals surface area contributed by atoms with Gasteiger partial charge in [0.2, 0.25) is 0 Å². The summed E-state index contributed by atoms with van der Waals surface area (Å²) in [4.78, 5) is 0. The van der Waals surface area contributed by atoms with Crippen LogP contribution in [0.1, 0.15) is 0 Å². The first-order chi connectivity index (χ1) is 3.00. The van der Waals surface area contributed by atoms with Crippen molar-refractivity contribution in [1.29, 1.82) is 0 Å². The second-order valence-electron chi connectivity index (χ2n) is 1.15. The molecular formula is C6H8Na2. The Morgan fingerprint density at radius 3 is 0.625 bits per heavy atom. The molecule has 0 atom stereocenters. The fourth-order valence-corrected chi connectivity index (χ4v) is 0.385. The molecule has 34 valence electrons. The molecule has 0 unspecified atom stereocenters. The molecule has 0 fully saturated rings. The van der Waals surface area contributed by atoms with Gasteiger partial charge < -0.3 is 0 Å². The summed E-state index contributed by atoms with van der Waals surface area (Å²) in [5.41, 5.74) is 0. The normalized spacial score (nSPS) is 6.00. The van der Waals surface area contributed by atoms with Crippen molar-refractivity contribution >= 4 is 59.1 Å². The second-order valence-corrected chi connectivity index (χ2v) is 1.15. The Bertz CT molecular complexity index is 78.5. The van der Waals surface area contributed by atoms with Gasteiger partial charge in [-0.15, -0.1) is 0 Å². The Hall–Kier alpha value is 1.22. The number of hydrogen-bond donors (Lipinski definition) is 0. The third kappa shape index (κ3) is 5.36. The summed E-state index contributed by atoms with van der Waals surface area (Å²) in [6, 6.07) is 12.0. The van der Waals surface area contributed by atoms with Crippen LogP contribution in [0.3, 0.4) is 0 Å². The first-order valence-corrected chi connectivity index (χ1v) is 2.00. The third-order valence-electron chi connectivity index (χ3n) is 0.667. The van der Waals surface area contributed by atoms with Crippen LogP contribution in [0.25, 0.3) is 0 Å². The fraction of sp³-hybridized carbons (Fsp3) is 0. The number of benzene rings is 1. The minimum absolute atomic E-state index is 0. The van der Waals surface area contributed by atoms with Gasteiger partial charge in [-0.05, 0) is 0 Å². The summed E-state index contributed by atoms with van der Waals surface area (Å²) in [7, 11) is 0. The first kappa shape index (κ1) is 12.0. The smallest absolute Gasteiger partial charge is 0.0623 e. The van der Waals surface area contributed by atoms with Gasteiger partial charge in [0.25, 0.3) is 0 Å². The van der Waals surface area contributed by atoms with E-state index in [-0.39, 0.29) is 59.1 Å². The quantitative estimate of drug-likeness (QED) is 0.441. The first-order valence-electron chi connectivity index (χ1n) is 2.00. The van der Waals surface area contributed by atoms with Gasteiger partial charge in [0.05, 0.1) is 0 Å². The van der Waals surface area contributed by atoms with E-state index in [4.69, 9.17) is 0 Å². The third-order valence-corrected chi connectivity index (χ3v) is 0.667. The topological polar surface area (TPSA) is 0 Å². The van der Waals surface area contributed by atoms with Gasteiger partial charge in [-0.1, -0.05) is 36.4 Å². The molecule has 0 aromatic heterocycles. The fourth-order valence-electron chi connectivity index (χ4n) is 0.385. The molecule has 0 bridgehead atoms. The molecule has 1 aromatic carbocycles. The number of hydrogen-bond acceptors (Lipinski definition) is 0. The molecule has 1 aromatic rings. The SMILES string of the molecule is [NaH].[NaH].c1ccccc1. The van der Waals surface area contributed by atoms with E-state index in [1.54, 1.807) is 0 Å². The van der Waals surface area contributed by atoms with Gasteiger partial charge >= 0.3 is 59.1 Å². The van der Waals surface area contributed by atoms with E-state index in [1.807, 2.05) is 36.4 Å². The molecule has 8 heavy (non-hydrogen) atoms. The second kappa shape index (κ2) is 8.22. The Morgan fingerprint density at radius 2 is 0.500 bits per heavy atom. The van der Waals surface area contributed by atoms with Gasteiger partial charge in [0, 0.05) is 0 Å². The van der Waals surface area contributed by atoms with Gasteiger partial charge in [-0.3, -0.25) is 0 Å². The van der Waals surface area contributed by atoms with Crippen molar-refractivity contribution in [3.05, 3.63) is 36.4 Å². The van der Waals surface area contributed by atoms with Gasteiger partial charge in [0.1, 0.15) is 0 Å². The summed E-state index contributed by atoms with van der Waals surface area (Å²) in [6.07, 6.45) is 0. The molecule has 0 amide bonds. The van der Waals surface area contributed by atoms with Crippen LogP contribution in [0.15, 0.2) is 36.4 Å². The monoisotopic (exact) mass is 126 g/mol. The Kier molecular flexibility index (Phi) is 12.3. The van der Waals surface area contributed by atoms with E-state index < -0.39 is 0 Å². The summed E-state index contributed by atoms with van der Waals surface area (Å²) in [5.74, 6) is 0. The van der Waals surface area contributed by atoms with Crippen molar-refractivity contribution in [3.8, 4) is 0 Å². The largest absolute Gasteiger partial charge is 0.0623 e. The van der Waals surface area contributed by atoms with E-state index >= 15 is 0 Å². The average molecular weight is 126 g/mol. The minimum atomic E-state index is 0. The van der Waals surface area contributed by atoms with E-state index in [0.717, 1.165) is 0 Å². The van der Waals surface area contributed by atoms with Crippen LogP contribution in [0, 0.1) is 0 Å². The van der Waals surface area contributed by atoms with Crippen molar-refractivity contribution < 1.29 is 0 Å². The molecule has 0 saturated carbocycles. The molecule has 0 spiro atoms. The zero-order valence-electron chi connectivity index (χ0n) is 3.46. The van der Waals surface area contributed by atoms with E-state index in [2.05, 4.69) is 0 Å². The number of rotatable bonds is 0. The Labute approximate surface area is 94.3 Å². The van der Waals surface area contributed by atoms with Gasteiger partial charge in [0.15, 0.2) is 0 Å². The maximum absolute atomic E-state index is 2.00. The van der Waals surface area contributed by atoms with Crippen molar-refractivity contribution in [2.75, 3.05) is 0 Å². The van der Waals surface area contributed by atoms with Crippen LogP contribution < -0.4 is 0 Å². The van der Waals surface area contributed by atoms with Gasteiger partial charge in [-0.25, -0.2) is 0 Å². The van der Waals surface area contributed by atoms with E-state index in [9.17, 15) is 0 Å². The molecule has 1 rings (SSSR count). The summed E-state index contributed by atoms with van der Waals surface area (Å²) in [6.45, 7) is 0. The van der Waals surface area contributed by atoms with Crippen molar-refractivity contribution in [2.24, 2.45) is 0 Å². The molecule has 0 nitrogen and oxygen atoms in total. The summed E-state index contributed by atoms with van der Waals surface area (Å²) >= 11 is 0. The Balaban J connectivity index is 0. The summed E-state index contributed by atoms with van der Waals surface area (Å²) in [5, 5.41) is 0. The van der Waals surface area contributed by atoms with Crippen molar-refractivity contribution in [3.63, 3.8) is 0 Å². The molecule has 0 aliphatic carbocycles. The van der Waals surface area contributed by atoms with Crippen LogP contribution >= 0.6 is 0 Å². The maximum atomic E-state index is 2.00. The zero-order chi connectivity index (χ0) is 4.24. The average Bonchev–Trinajstić information content (AvgIpc) is 1.72. The molecule has 0 saturated heterocycles. The molecule has 2 heteroatoms. The van der Waals surface area contributed by atoms with Crippen LogP contribution in [-0.2, 0) is 0 Å². The predicted molar refractivity (Wildman–Crippen MR) is 40.7 cm³/mol. The molecular weight excluding hydrogens is 118 g/mol. The maximum Gasteiger partial charge on any atom is -0.0623 e. The Morgan fingerprint density at radius 1 is 0.375 bits per heavy atom. The van der Waals surface area contributed by atoms with Gasteiger partial charge in [-0.2, -0.15) is 0 Å². The van der Waals surface area contributed by atoms with E-state index in [1.165, 1.54) is 0 Å². The molecule has 0 heterocycles. The van der Waals surface area contributed by atoms with Crippen molar-refractivity contribution in [1.82, 2.24) is 0 Å². The van der Waals surface area contributed by atoms with Crippen LogP contribution in [0.5, 0.6) is 0 Å². The van der Waals surface area contributed by atoms with Crippen LogP contribution in [0.2, 0.25) is 0 Å². The summed E-state index contributed by atoms with van der Waals surface area (Å²) < 4.78 is 0. The molecule has 0 aliphatic rings. The molecule has 0 N–H and O–H groups in total. The minimum Gasteiger partial charge on any atom is -0.0623 e. The molecule has 0 radical (unpaired) electrons. The van der Waals surface area contributed by atoms with E-state index in [0.29, 0.717) is 0 Å². The standard InChI is InChI=1S/C6H6.2Na.2H/c1-2-4-6-5-3-1;;;;/h1-6H;;;;. The van der Waals surface area contributed by atoms with Crippen LogP contribution in [0.4, 0.5) is 0 Å².